The van der Waals surface area contributed by atoms with E-state index in [9.17, 15) is 0 Å². The quantitative estimate of drug-likeness (QED) is 0.692. The molecule has 2 aromatic heterocycles. The molecule has 0 unspecified atom stereocenters. The van der Waals surface area contributed by atoms with Gasteiger partial charge in [-0.15, -0.1) is 0 Å². The molecule has 1 aliphatic rings. The lowest BCUT2D eigenvalue weighted by molar-refractivity contribution is 0.630. The van der Waals surface area contributed by atoms with Crippen LogP contribution in [0.2, 0.25) is 0 Å². The van der Waals surface area contributed by atoms with Gasteiger partial charge >= 0.3 is 0 Å². The van der Waals surface area contributed by atoms with Crippen LogP contribution in [0.3, 0.4) is 0 Å². The van der Waals surface area contributed by atoms with E-state index in [4.69, 9.17) is 0 Å². The summed E-state index contributed by atoms with van der Waals surface area (Å²) < 4.78 is 2.46. The van der Waals surface area contributed by atoms with Gasteiger partial charge in [-0.25, -0.2) is 0 Å². The fourth-order valence-corrected chi connectivity index (χ4v) is 2.84. The number of aromatic nitrogens is 2. The lowest BCUT2D eigenvalue weighted by Crippen LogP contribution is -2.06. The maximum absolute atomic E-state index is 4.26. The maximum Gasteiger partial charge on any atom is 0.0516 e. The Balaban J connectivity index is 2.37. The van der Waals surface area contributed by atoms with Crippen molar-refractivity contribution in [2.75, 3.05) is 0 Å². The zero-order valence-corrected chi connectivity index (χ0v) is 9.16. The normalized spacial score (nSPS) is 15.5. The lowest BCUT2D eigenvalue weighted by atomic mass is 9.96. The summed E-state index contributed by atoms with van der Waals surface area (Å²) in [7, 11) is 0. The van der Waals surface area contributed by atoms with Crippen molar-refractivity contribution in [3.63, 3.8) is 0 Å². The Kier molecular flexibility index (Phi) is 2.01. The van der Waals surface area contributed by atoms with Crippen LogP contribution in [0.4, 0.5) is 0 Å². The Morgan fingerprint density at radius 3 is 3.07 bits per heavy atom. The fourth-order valence-electron chi connectivity index (χ4n) is 2.84. The molecule has 2 nitrogen and oxygen atoms in total. The molecule has 2 aromatic rings. The van der Waals surface area contributed by atoms with E-state index in [1.807, 2.05) is 12.4 Å². The smallest absolute Gasteiger partial charge is 0.0516 e. The summed E-state index contributed by atoms with van der Waals surface area (Å²) in [5.41, 5.74) is 4.50. The van der Waals surface area contributed by atoms with E-state index in [1.165, 1.54) is 36.6 Å². The molecule has 0 bridgehead atoms. The van der Waals surface area contributed by atoms with Crippen molar-refractivity contribution in [2.24, 2.45) is 0 Å². The van der Waals surface area contributed by atoms with Crippen molar-refractivity contribution in [2.45, 2.75) is 39.2 Å². The molecule has 3 rings (SSSR count). The minimum Gasteiger partial charge on any atom is -0.345 e. The van der Waals surface area contributed by atoms with Crippen LogP contribution in [0.25, 0.3) is 10.9 Å². The highest BCUT2D eigenvalue weighted by molar-refractivity contribution is 5.84. The Labute approximate surface area is 89.9 Å². The maximum atomic E-state index is 4.26. The number of hydrogen-bond donors (Lipinski definition) is 0. The van der Waals surface area contributed by atoms with Crippen molar-refractivity contribution < 1.29 is 0 Å². The van der Waals surface area contributed by atoms with E-state index in [0.717, 1.165) is 6.54 Å². The topological polar surface area (TPSA) is 17.8 Å². The largest absolute Gasteiger partial charge is 0.345 e. The predicted octanol–water partition coefficient (Wildman–Crippen LogP) is 2.94. The molecule has 0 saturated heterocycles. The third kappa shape index (κ3) is 1.21. The Hall–Kier alpha value is -1.31. The standard InChI is InChI=1S/C13H16N2/c1-2-15-12-6-4-3-5-10(12)11-9-14-8-7-13(11)15/h7-9H,2-6H2,1H3. The molecule has 0 aliphatic heterocycles. The third-order valence-corrected chi connectivity index (χ3v) is 3.49. The molecule has 0 saturated carbocycles. The molecule has 0 atom stereocenters. The average molecular weight is 200 g/mol. The van der Waals surface area contributed by atoms with Crippen molar-refractivity contribution in [3.05, 3.63) is 29.7 Å². The van der Waals surface area contributed by atoms with Crippen molar-refractivity contribution in [3.8, 4) is 0 Å². The van der Waals surface area contributed by atoms with Crippen LogP contribution in [0.15, 0.2) is 18.5 Å². The van der Waals surface area contributed by atoms with E-state index >= 15 is 0 Å². The first kappa shape index (κ1) is 8.96. The third-order valence-electron chi connectivity index (χ3n) is 3.49. The molecule has 78 valence electrons. The van der Waals surface area contributed by atoms with Gasteiger partial charge in [0.25, 0.3) is 0 Å². The van der Waals surface area contributed by atoms with Crippen LogP contribution in [0.5, 0.6) is 0 Å². The zero-order valence-electron chi connectivity index (χ0n) is 9.16. The van der Waals surface area contributed by atoms with E-state index in [2.05, 4.69) is 22.5 Å². The summed E-state index contributed by atoms with van der Waals surface area (Å²) >= 11 is 0. The van der Waals surface area contributed by atoms with E-state index in [-0.39, 0.29) is 0 Å². The van der Waals surface area contributed by atoms with Crippen LogP contribution >= 0.6 is 0 Å². The monoisotopic (exact) mass is 200 g/mol. The highest BCUT2D eigenvalue weighted by atomic mass is 15.0. The number of hydrogen-bond acceptors (Lipinski definition) is 1. The van der Waals surface area contributed by atoms with Crippen LogP contribution in [0.1, 0.15) is 31.0 Å². The van der Waals surface area contributed by atoms with Gasteiger partial charge in [-0.1, -0.05) is 0 Å². The van der Waals surface area contributed by atoms with Crippen LogP contribution in [-0.2, 0) is 19.4 Å². The van der Waals surface area contributed by atoms with E-state index < -0.39 is 0 Å². The molecular weight excluding hydrogens is 184 g/mol. The van der Waals surface area contributed by atoms with Crippen molar-refractivity contribution in [1.82, 2.24) is 9.55 Å². The van der Waals surface area contributed by atoms with E-state index in [1.54, 1.807) is 11.3 Å². The Bertz CT molecular complexity index is 463. The lowest BCUT2D eigenvalue weighted by Gasteiger charge is -2.14. The number of pyridine rings is 1. The summed E-state index contributed by atoms with van der Waals surface area (Å²) in [6, 6.07) is 2.15. The molecule has 0 N–H and O–H groups in total. The molecule has 2 heteroatoms. The predicted molar refractivity (Wildman–Crippen MR) is 62.0 cm³/mol. The fraction of sp³-hybridized carbons (Fsp3) is 0.462. The number of aryl methyl sites for hydroxylation is 2. The Morgan fingerprint density at radius 2 is 2.20 bits per heavy atom. The second kappa shape index (κ2) is 3.37. The summed E-state index contributed by atoms with van der Waals surface area (Å²) in [6.07, 6.45) is 9.11. The first-order valence-electron chi connectivity index (χ1n) is 5.85. The first-order chi connectivity index (χ1) is 7.42. The van der Waals surface area contributed by atoms with Gasteiger partial charge in [0, 0.05) is 30.0 Å². The number of rotatable bonds is 1. The van der Waals surface area contributed by atoms with Gasteiger partial charge in [-0.05, 0) is 44.2 Å². The van der Waals surface area contributed by atoms with Gasteiger partial charge in [0.05, 0.1) is 5.52 Å². The number of fused-ring (bicyclic) bond motifs is 3. The molecule has 2 heterocycles. The average Bonchev–Trinajstić information content (AvgIpc) is 2.63. The molecule has 0 spiro atoms. The molecule has 0 radical (unpaired) electrons. The zero-order chi connectivity index (χ0) is 10.3. The summed E-state index contributed by atoms with van der Waals surface area (Å²) in [5.74, 6) is 0. The van der Waals surface area contributed by atoms with Crippen molar-refractivity contribution >= 4 is 10.9 Å². The van der Waals surface area contributed by atoms with Gasteiger partial charge in [0.2, 0.25) is 0 Å². The van der Waals surface area contributed by atoms with Gasteiger partial charge in [-0.2, -0.15) is 0 Å². The number of nitrogens with zero attached hydrogens (tertiary/aromatic N) is 2. The second-order valence-electron chi connectivity index (χ2n) is 4.27. The second-order valence-corrected chi connectivity index (χ2v) is 4.27. The minimum absolute atomic E-state index is 1.08. The van der Waals surface area contributed by atoms with Crippen LogP contribution in [-0.4, -0.2) is 9.55 Å². The summed E-state index contributed by atoms with van der Waals surface area (Å²) in [4.78, 5) is 4.26. The SMILES string of the molecule is CCn1c2c(c3cnccc31)CCCC2. The van der Waals surface area contributed by atoms with Gasteiger partial charge in [0.15, 0.2) is 0 Å². The highest BCUT2D eigenvalue weighted by Gasteiger charge is 2.18. The van der Waals surface area contributed by atoms with Gasteiger partial charge in [0.1, 0.15) is 0 Å². The molecule has 1 aliphatic carbocycles. The first-order valence-corrected chi connectivity index (χ1v) is 5.85. The molecule has 0 fully saturated rings. The minimum atomic E-state index is 1.08. The summed E-state index contributed by atoms with van der Waals surface area (Å²) in [6.45, 7) is 3.31. The molecular formula is C13H16N2. The Morgan fingerprint density at radius 1 is 1.33 bits per heavy atom. The van der Waals surface area contributed by atoms with E-state index in [0.29, 0.717) is 0 Å². The van der Waals surface area contributed by atoms with Crippen molar-refractivity contribution in [1.29, 1.82) is 0 Å². The van der Waals surface area contributed by atoms with Gasteiger partial charge < -0.3 is 4.57 Å². The van der Waals surface area contributed by atoms with Crippen LogP contribution < -0.4 is 0 Å². The molecule has 0 aromatic carbocycles. The molecule has 0 amide bonds. The van der Waals surface area contributed by atoms with Crippen LogP contribution in [0, 0.1) is 0 Å². The summed E-state index contributed by atoms with van der Waals surface area (Å²) in [5, 5.41) is 1.38. The highest BCUT2D eigenvalue weighted by Crippen LogP contribution is 2.31. The van der Waals surface area contributed by atoms with Gasteiger partial charge in [-0.3, -0.25) is 4.98 Å². The molecule has 15 heavy (non-hydrogen) atoms.